The van der Waals surface area contributed by atoms with Crippen LogP contribution in [-0.2, 0) is 6.54 Å². The number of rotatable bonds is 5. The van der Waals surface area contributed by atoms with Crippen LogP contribution >= 0.6 is 15.9 Å². The van der Waals surface area contributed by atoms with E-state index >= 15 is 0 Å². The molecular weight excluding hydrogens is 354 g/mol. The van der Waals surface area contributed by atoms with Gasteiger partial charge in [-0.05, 0) is 42.3 Å². The predicted molar refractivity (Wildman–Crippen MR) is 97.6 cm³/mol. The van der Waals surface area contributed by atoms with E-state index in [4.69, 9.17) is 4.98 Å². The van der Waals surface area contributed by atoms with Gasteiger partial charge in [0.05, 0.1) is 6.04 Å². The topological polar surface area (TPSA) is 46.0 Å². The lowest BCUT2D eigenvalue weighted by Crippen LogP contribution is -2.50. The number of pyridine rings is 1. The quantitative estimate of drug-likeness (QED) is 0.864. The number of hydrogen-bond acceptors (Lipinski definition) is 4. The normalized spacial score (nSPS) is 21.0. The summed E-state index contributed by atoms with van der Waals surface area (Å²) in [6.45, 7) is 10.8. The summed E-state index contributed by atoms with van der Waals surface area (Å²) in [6.07, 6.45) is 4.16. The van der Waals surface area contributed by atoms with Crippen molar-refractivity contribution < 1.29 is 0 Å². The molecule has 6 heteroatoms. The Balaban J connectivity index is 2.03. The molecule has 2 atom stereocenters. The first-order valence-electron chi connectivity index (χ1n) is 8.63. The Kier molecular flexibility index (Phi) is 5.34. The van der Waals surface area contributed by atoms with Gasteiger partial charge in [0.15, 0.2) is 5.65 Å². The number of aryl methyl sites for hydroxylation is 1. The van der Waals surface area contributed by atoms with Gasteiger partial charge in [-0.25, -0.2) is 9.97 Å². The fourth-order valence-corrected chi connectivity index (χ4v) is 3.88. The molecule has 126 valence electrons. The van der Waals surface area contributed by atoms with E-state index in [0.29, 0.717) is 12.1 Å². The molecule has 1 fully saturated rings. The number of nitrogens with one attached hydrogen (secondary N) is 1. The summed E-state index contributed by atoms with van der Waals surface area (Å²) in [7, 11) is 0. The molecule has 0 saturated carbocycles. The standard InChI is InChI=1S/C17H26BrN5/c1-4-6-15(22-8-7-19-12(3)11-22)17-21-14-9-13(18)10-20-16(14)23(17)5-2/h9-10,12,15,19H,4-8,11H2,1-3H3/t12-,15+/m1/s1. The van der Waals surface area contributed by atoms with Crippen LogP contribution in [0.15, 0.2) is 16.7 Å². The van der Waals surface area contributed by atoms with Gasteiger partial charge in [0.1, 0.15) is 11.3 Å². The van der Waals surface area contributed by atoms with Crippen LogP contribution in [0.1, 0.15) is 45.5 Å². The second-order valence-corrected chi connectivity index (χ2v) is 7.28. The van der Waals surface area contributed by atoms with Crippen LogP contribution in [0, 0.1) is 0 Å². The third-order valence-electron chi connectivity index (χ3n) is 4.60. The predicted octanol–water partition coefficient (Wildman–Crippen LogP) is 3.35. The van der Waals surface area contributed by atoms with Gasteiger partial charge in [0.25, 0.3) is 0 Å². The smallest absolute Gasteiger partial charge is 0.160 e. The van der Waals surface area contributed by atoms with E-state index < -0.39 is 0 Å². The third kappa shape index (κ3) is 3.44. The number of halogens is 1. The molecule has 0 unspecified atom stereocenters. The van der Waals surface area contributed by atoms with E-state index in [-0.39, 0.29) is 0 Å². The fraction of sp³-hybridized carbons (Fsp3) is 0.647. The SMILES string of the molecule is CCC[C@@H](c1nc2cc(Br)cnc2n1CC)N1CCN[C@H](C)C1. The van der Waals surface area contributed by atoms with Crippen LogP contribution in [0.2, 0.25) is 0 Å². The monoisotopic (exact) mass is 379 g/mol. The highest BCUT2D eigenvalue weighted by Crippen LogP contribution is 2.29. The Morgan fingerprint density at radius 1 is 1.43 bits per heavy atom. The van der Waals surface area contributed by atoms with Crippen molar-refractivity contribution in [3.8, 4) is 0 Å². The van der Waals surface area contributed by atoms with Crippen LogP contribution in [0.5, 0.6) is 0 Å². The van der Waals surface area contributed by atoms with Crippen molar-refractivity contribution in [2.45, 2.75) is 52.2 Å². The fourth-order valence-electron chi connectivity index (χ4n) is 3.56. The summed E-state index contributed by atoms with van der Waals surface area (Å²) >= 11 is 3.51. The molecule has 3 rings (SSSR count). The largest absolute Gasteiger partial charge is 0.312 e. The third-order valence-corrected chi connectivity index (χ3v) is 5.03. The number of hydrogen-bond donors (Lipinski definition) is 1. The van der Waals surface area contributed by atoms with Gasteiger partial charge in [-0.3, -0.25) is 4.90 Å². The van der Waals surface area contributed by atoms with Crippen molar-refractivity contribution in [1.29, 1.82) is 0 Å². The van der Waals surface area contributed by atoms with Gasteiger partial charge in [-0.15, -0.1) is 0 Å². The molecule has 0 spiro atoms. The van der Waals surface area contributed by atoms with Gasteiger partial charge < -0.3 is 9.88 Å². The molecule has 1 saturated heterocycles. The first kappa shape index (κ1) is 16.9. The minimum Gasteiger partial charge on any atom is -0.312 e. The van der Waals surface area contributed by atoms with Crippen molar-refractivity contribution in [3.05, 3.63) is 22.6 Å². The van der Waals surface area contributed by atoms with Gasteiger partial charge >= 0.3 is 0 Å². The number of aromatic nitrogens is 3. The lowest BCUT2D eigenvalue weighted by Gasteiger charge is -2.37. The summed E-state index contributed by atoms with van der Waals surface area (Å²) in [6, 6.07) is 2.98. The Morgan fingerprint density at radius 2 is 2.26 bits per heavy atom. The van der Waals surface area contributed by atoms with Gasteiger partial charge in [0, 0.05) is 42.9 Å². The Bertz CT molecular complexity index is 668. The molecule has 5 nitrogen and oxygen atoms in total. The Labute approximate surface area is 146 Å². The zero-order chi connectivity index (χ0) is 16.4. The summed E-state index contributed by atoms with van der Waals surface area (Å²) < 4.78 is 3.27. The van der Waals surface area contributed by atoms with Crippen molar-refractivity contribution in [3.63, 3.8) is 0 Å². The van der Waals surface area contributed by atoms with E-state index in [1.54, 1.807) is 0 Å². The molecule has 0 bridgehead atoms. The molecule has 0 radical (unpaired) electrons. The van der Waals surface area contributed by atoms with Crippen molar-refractivity contribution >= 4 is 27.1 Å². The molecule has 0 aliphatic carbocycles. The van der Waals surface area contributed by atoms with E-state index in [0.717, 1.165) is 54.7 Å². The summed E-state index contributed by atoms with van der Waals surface area (Å²) in [5, 5.41) is 3.54. The number of imidazole rings is 1. The van der Waals surface area contributed by atoms with E-state index in [1.807, 2.05) is 6.20 Å². The van der Waals surface area contributed by atoms with Crippen LogP contribution in [0.3, 0.4) is 0 Å². The lowest BCUT2D eigenvalue weighted by atomic mass is 10.1. The molecule has 23 heavy (non-hydrogen) atoms. The summed E-state index contributed by atoms with van der Waals surface area (Å²) in [5.41, 5.74) is 1.98. The number of nitrogens with zero attached hydrogens (tertiary/aromatic N) is 4. The zero-order valence-corrected chi connectivity index (χ0v) is 15.8. The molecule has 1 N–H and O–H groups in total. The first-order chi connectivity index (χ1) is 11.1. The maximum absolute atomic E-state index is 4.97. The first-order valence-corrected chi connectivity index (χ1v) is 9.42. The minimum absolute atomic E-state index is 0.373. The average molecular weight is 380 g/mol. The van der Waals surface area contributed by atoms with E-state index in [1.165, 1.54) is 5.82 Å². The molecule has 0 aromatic carbocycles. The van der Waals surface area contributed by atoms with Crippen LogP contribution in [-0.4, -0.2) is 45.1 Å². The van der Waals surface area contributed by atoms with Gasteiger partial charge in [-0.1, -0.05) is 13.3 Å². The number of fused-ring (bicyclic) bond motifs is 1. The highest BCUT2D eigenvalue weighted by Gasteiger charge is 2.28. The Morgan fingerprint density at radius 3 is 2.96 bits per heavy atom. The summed E-state index contributed by atoms with van der Waals surface area (Å²) in [4.78, 5) is 12.2. The van der Waals surface area contributed by atoms with Crippen molar-refractivity contribution in [1.82, 2.24) is 24.8 Å². The van der Waals surface area contributed by atoms with E-state index in [9.17, 15) is 0 Å². The van der Waals surface area contributed by atoms with Crippen LogP contribution in [0.4, 0.5) is 0 Å². The minimum atomic E-state index is 0.373. The van der Waals surface area contributed by atoms with Gasteiger partial charge in [-0.2, -0.15) is 0 Å². The van der Waals surface area contributed by atoms with E-state index in [2.05, 4.69) is 62.5 Å². The highest BCUT2D eigenvalue weighted by atomic mass is 79.9. The second-order valence-electron chi connectivity index (χ2n) is 6.37. The molecule has 1 aliphatic heterocycles. The Hall–Kier alpha value is -0.980. The van der Waals surface area contributed by atoms with Gasteiger partial charge in [0.2, 0.25) is 0 Å². The second kappa shape index (κ2) is 7.28. The van der Waals surface area contributed by atoms with Crippen molar-refractivity contribution in [2.75, 3.05) is 19.6 Å². The molecule has 0 amide bonds. The lowest BCUT2D eigenvalue weighted by molar-refractivity contribution is 0.133. The molecule has 3 heterocycles. The average Bonchev–Trinajstić information content (AvgIpc) is 2.89. The van der Waals surface area contributed by atoms with Crippen LogP contribution < -0.4 is 5.32 Å². The highest BCUT2D eigenvalue weighted by molar-refractivity contribution is 9.10. The molecule has 2 aromatic rings. The maximum atomic E-state index is 4.97. The molecule has 1 aliphatic rings. The summed E-state index contributed by atoms with van der Waals surface area (Å²) in [5.74, 6) is 1.17. The maximum Gasteiger partial charge on any atom is 0.160 e. The van der Waals surface area contributed by atoms with Crippen LogP contribution in [0.25, 0.3) is 11.2 Å². The van der Waals surface area contributed by atoms with Crippen molar-refractivity contribution in [2.24, 2.45) is 0 Å². The molecular formula is C17H26BrN5. The number of piperazine rings is 1. The zero-order valence-electron chi connectivity index (χ0n) is 14.2. The molecule has 2 aromatic heterocycles.